The second-order valence-corrected chi connectivity index (χ2v) is 6.09. The number of aromatic hydroxyl groups is 1. The van der Waals surface area contributed by atoms with Gasteiger partial charge in [-0.15, -0.1) is 0 Å². The first-order chi connectivity index (χ1) is 9.77. The molecule has 0 aliphatic rings. The van der Waals surface area contributed by atoms with Crippen LogP contribution in [0.25, 0.3) is 0 Å². The summed E-state index contributed by atoms with van der Waals surface area (Å²) >= 11 is 0. The van der Waals surface area contributed by atoms with E-state index in [-0.39, 0.29) is 16.2 Å². The van der Waals surface area contributed by atoms with Crippen LogP contribution in [0.2, 0.25) is 0 Å². The minimum Gasteiger partial charge on any atom is -0.508 e. The zero-order valence-electron chi connectivity index (χ0n) is 11.2. The first-order valence-electron chi connectivity index (χ1n) is 6.01. The Morgan fingerprint density at radius 3 is 2.52 bits per heavy atom. The van der Waals surface area contributed by atoms with Gasteiger partial charge in [0.2, 0.25) is 10.0 Å². The average molecular weight is 306 g/mol. The number of hydrogen-bond acceptors (Lipinski definition) is 4. The maximum atomic E-state index is 12.0. The van der Waals surface area contributed by atoms with Crippen molar-refractivity contribution in [2.45, 2.75) is 11.8 Å². The monoisotopic (exact) mass is 306 g/mol. The zero-order valence-corrected chi connectivity index (χ0v) is 12.0. The van der Waals surface area contributed by atoms with Crippen LogP contribution in [0.3, 0.4) is 0 Å². The normalized spacial score (nSPS) is 11.1. The highest BCUT2D eigenvalue weighted by Gasteiger charge is 2.11. The van der Waals surface area contributed by atoms with Gasteiger partial charge in [-0.05, 0) is 42.8 Å². The molecule has 7 heteroatoms. The van der Waals surface area contributed by atoms with Gasteiger partial charge in [0.1, 0.15) is 5.75 Å². The summed E-state index contributed by atoms with van der Waals surface area (Å²) in [5.41, 5.74) is 1.22. The van der Waals surface area contributed by atoms with Crippen LogP contribution in [0.15, 0.2) is 47.4 Å². The number of amides is 1. The summed E-state index contributed by atoms with van der Waals surface area (Å²) in [4.78, 5) is 11.9. The molecule has 2 aromatic rings. The van der Waals surface area contributed by atoms with E-state index >= 15 is 0 Å². The van der Waals surface area contributed by atoms with Crippen LogP contribution in [0.5, 0.6) is 5.75 Å². The van der Waals surface area contributed by atoms with E-state index in [0.29, 0.717) is 11.3 Å². The number of anilines is 1. The highest BCUT2D eigenvalue weighted by Crippen LogP contribution is 2.19. The first kappa shape index (κ1) is 15.0. The number of primary sulfonamides is 1. The molecular formula is C14H14N2O4S. The minimum atomic E-state index is -3.83. The number of sulfonamides is 1. The summed E-state index contributed by atoms with van der Waals surface area (Å²) in [5.74, 6) is -0.446. The van der Waals surface area contributed by atoms with Crippen molar-refractivity contribution in [3.63, 3.8) is 0 Å². The molecule has 0 aliphatic heterocycles. The standard InChI is InChI=1S/C14H14N2O4S/c1-9-5-6-10(7-13(9)17)14(18)16-11-3-2-4-12(8-11)21(15,19)20/h2-8,17H,1H3,(H,16,18)(H2,15,19,20). The summed E-state index contributed by atoms with van der Waals surface area (Å²) in [6.07, 6.45) is 0. The predicted octanol–water partition coefficient (Wildman–Crippen LogP) is 1.60. The van der Waals surface area contributed by atoms with Crippen molar-refractivity contribution in [1.82, 2.24) is 0 Å². The second kappa shape index (κ2) is 5.55. The van der Waals surface area contributed by atoms with Gasteiger partial charge < -0.3 is 10.4 Å². The highest BCUT2D eigenvalue weighted by atomic mass is 32.2. The lowest BCUT2D eigenvalue weighted by Gasteiger charge is -2.08. The number of carbonyl (C=O) groups excluding carboxylic acids is 1. The van der Waals surface area contributed by atoms with Gasteiger partial charge in [0.15, 0.2) is 0 Å². The van der Waals surface area contributed by atoms with Crippen LogP contribution >= 0.6 is 0 Å². The molecule has 2 aromatic carbocycles. The molecular weight excluding hydrogens is 292 g/mol. The second-order valence-electron chi connectivity index (χ2n) is 4.53. The summed E-state index contributed by atoms with van der Waals surface area (Å²) in [5, 5.41) is 17.2. The Morgan fingerprint density at radius 2 is 1.90 bits per heavy atom. The molecule has 6 nitrogen and oxygen atoms in total. The molecule has 2 rings (SSSR count). The Bertz CT molecular complexity index is 800. The fraction of sp³-hybridized carbons (Fsp3) is 0.0714. The van der Waals surface area contributed by atoms with Gasteiger partial charge in [-0.3, -0.25) is 4.79 Å². The lowest BCUT2D eigenvalue weighted by Crippen LogP contribution is -2.14. The maximum absolute atomic E-state index is 12.0. The number of carbonyl (C=O) groups is 1. The van der Waals surface area contributed by atoms with Crippen LogP contribution < -0.4 is 10.5 Å². The zero-order chi connectivity index (χ0) is 15.6. The highest BCUT2D eigenvalue weighted by molar-refractivity contribution is 7.89. The number of hydrogen-bond donors (Lipinski definition) is 3. The maximum Gasteiger partial charge on any atom is 0.255 e. The summed E-state index contributed by atoms with van der Waals surface area (Å²) in [6, 6.07) is 10.1. The lowest BCUT2D eigenvalue weighted by molar-refractivity contribution is 0.102. The summed E-state index contributed by atoms with van der Waals surface area (Å²) in [7, 11) is -3.83. The molecule has 0 aliphatic carbocycles. The summed E-state index contributed by atoms with van der Waals surface area (Å²) in [6.45, 7) is 1.71. The van der Waals surface area contributed by atoms with Crippen LogP contribution in [0.1, 0.15) is 15.9 Å². The van der Waals surface area contributed by atoms with Crippen molar-refractivity contribution >= 4 is 21.6 Å². The predicted molar refractivity (Wildman–Crippen MR) is 78.6 cm³/mol. The van der Waals surface area contributed by atoms with Gasteiger partial charge >= 0.3 is 0 Å². The lowest BCUT2D eigenvalue weighted by atomic mass is 10.1. The topological polar surface area (TPSA) is 109 Å². The molecule has 4 N–H and O–H groups in total. The number of phenols is 1. The fourth-order valence-electron chi connectivity index (χ4n) is 1.70. The number of aryl methyl sites for hydroxylation is 1. The van der Waals surface area contributed by atoms with Crippen molar-refractivity contribution in [3.8, 4) is 5.75 Å². The molecule has 0 saturated heterocycles. The van der Waals surface area contributed by atoms with E-state index < -0.39 is 15.9 Å². The molecule has 21 heavy (non-hydrogen) atoms. The third-order valence-electron chi connectivity index (χ3n) is 2.89. The van der Waals surface area contributed by atoms with Crippen LogP contribution in [0, 0.1) is 6.92 Å². The SMILES string of the molecule is Cc1ccc(C(=O)Nc2cccc(S(N)(=O)=O)c2)cc1O. The number of nitrogens with two attached hydrogens (primary N) is 1. The van der Waals surface area contributed by atoms with E-state index in [0.717, 1.165) is 0 Å². The van der Waals surface area contributed by atoms with Gasteiger partial charge in [0.25, 0.3) is 5.91 Å². The van der Waals surface area contributed by atoms with Crippen LogP contribution in [-0.4, -0.2) is 19.4 Å². The van der Waals surface area contributed by atoms with Crippen molar-refractivity contribution in [2.75, 3.05) is 5.32 Å². The smallest absolute Gasteiger partial charge is 0.255 e. The molecule has 0 saturated carbocycles. The number of phenolic OH excluding ortho intramolecular Hbond substituents is 1. The van der Waals surface area contributed by atoms with E-state index in [9.17, 15) is 18.3 Å². The van der Waals surface area contributed by atoms with Crippen LogP contribution in [-0.2, 0) is 10.0 Å². The van der Waals surface area contributed by atoms with Gasteiger partial charge in [-0.1, -0.05) is 12.1 Å². The van der Waals surface area contributed by atoms with E-state index in [1.807, 2.05) is 0 Å². The molecule has 0 spiro atoms. The van der Waals surface area contributed by atoms with Gasteiger partial charge in [-0.2, -0.15) is 0 Å². The van der Waals surface area contributed by atoms with Crippen LogP contribution in [0.4, 0.5) is 5.69 Å². The van der Waals surface area contributed by atoms with Crippen molar-refractivity contribution in [2.24, 2.45) is 5.14 Å². The molecule has 0 fully saturated rings. The van der Waals surface area contributed by atoms with E-state index in [2.05, 4.69) is 5.32 Å². The van der Waals surface area contributed by atoms with E-state index in [1.54, 1.807) is 25.1 Å². The van der Waals surface area contributed by atoms with Gasteiger partial charge in [0.05, 0.1) is 4.90 Å². The Hall–Kier alpha value is -2.38. The number of nitrogens with one attached hydrogen (secondary N) is 1. The Morgan fingerprint density at radius 1 is 1.19 bits per heavy atom. The molecule has 0 radical (unpaired) electrons. The number of benzene rings is 2. The molecule has 110 valence electrons. The van der Waals surface area contributed by atoms with Crippen molar-refractivity contribution in [3.05, 3.63) is 53.6 Å². The minimum absolute atomic E-state index is 0.0148. The van der Waals surface area contributed by atoms with E-state index in [1.165, 1.54) is 24.3 Å². The molecule has 0 atom stereocenters. The molecule has 0 heterocycles. The number of rotatable bonds is 3. The molecule has 0 unspecified atom stereocenters. The average Bonchev–Trinajstić information content (AvgIpc) is 2.41. The van der Waals surface area contributed by atoms with E-state index in [4.69, 9.17) is 5.14 Å². The van der Waals surface area contributed by atoms with Gasteiger partial charge in [0, 0.05) is 11.3 Å². The summed E-state index contributed by atoms with van der Waals surface area (Å²) < 4.78 is 22.5. The van der Waals surface area contributed by atoms with Gasteiger partial charge in [-0.25, -0.2) is 13.6 Å². The Balaban J connectivity index is 2.25. The van der Waals surface area contributed by atoms with Crippen molar-refractivity contribution in [1.29, 1.82) is 0 Å². The molecule has 0 aromatic heterocycles. The third-order valence-corrected chi connectivity index (χ3v) is 3.80. The van der Waals surface area contributed by atoms with Crippen molar-refractivity contribution < 1.29 is 18.3 Å². The Labute approximate surface area is 122 Å². The first-order valence-corrected chi connectivity index (χ1v) is 7.56. The fourth-order valence-corrected chi connectivity index (χ4v) is 2.26. The molecule has 1 amide bonds. The quantitative estimate of drug-likeness (QED) is 0.800. The molecule has 0 bridgehead atoms. The largest absolute Gasteiger partial charge is 0.508 e. The Kier molecular flexibility index (Phi) is 3.97. The third kappa shape index (κ3) is 3.59.